The predicted octanol–water partition coefficient (Wildman–Crippen LogP) is 0.927. The van der Waals surface area contributed by atoms with Gasteiger partial charge in [-0.05, 0) is 25.5 Å². The van der Waals surface area contributed by atoms with Crippen molar-refractivity contribution in [3.8, 4) is 0 Å². The first-order chi connectivity index (χ1) is 6.25. The van der Waals surface area contributed by atoms with Crippen LogP contribution in [-0.4, -0.2) is 24.1 Å². The van der Waals surface area contributed by atoms with Gasteiger partial charge in [-0.1, -0.05) is 0 Å². The Kier molecular flexibility index (Phi) is 2.19. The average Bonchev–Trinajstić information content (AvgIpc) is 2.53. The SMILES string of the molecule is Cc1ccc(N2CCC(N)C2)cn1. The molecule has 0 amide bonds. The van der Waals surface area contributed by atoms with Crippen LogP contribution in [0.5, 0.6) is 0 Å². The molecule has 1 aliphatic rings. The van der Waals surface area contributed by atoms with Gasteiger partial charge in [0, 0.05) is 24.8 Å². The fraction of sp³-hybridized carbons (Fsp3) is 0.500. The molecule has 1 fully saturated rings. The molecule has 3 nitrogen and oxygen atoms in total. The number of hydrogen-bond donors (Lipinski definition) is 1. The first-order valence-corrected chi connectivity index (χ1v) is 4.69. The van der Waals surface area contributed by atoms with Crippen LogP contribution in [-0.2, 0) is 0 Å². The number of rotatable bonds is 1. The van der Waals surface area contributed by atoms with Crippen LogP contribution in [0.1, 0.15) is 12.1 Å². The Morgan fingerprint density at radius 3 is 2.92 bits per heavy atom. The lowest BCUT2D eigenvalue weighted by molar-refractivity contribution is 0.752. The molecular weight excluding hydrogens is 162 g/mol. The Bertz CT molecular complexity index is 281. The fourth-order valence-corrected chi connectivity index (χ4v) is 1.67. The Morgan fingerprint density at radius 1 is 1.54 bits per heavy atom. The van der Waals surface area contributed by atoms with Gasteiger partial charge in [-0.3, -0.25) is 4.98 Å². The van der Waals surface area contributed by atoms with E-state index in [1.54, 1.807) is 0 Å². The van der Waals surface area contributed by atoms with Crippen LogP contribution >= 0.6 is 0 Å². The van der Waals surface area contributed by atoms with E-state index in [1.807, 2.05) is 19.2 Å². The van der Waals surface area contributed by atoms with E-state index >= 15 is 0 Å². The van der Waals surface area contributed by atoms with Gasteiger partial charge in [0.05, 0.1) is 11.9 Å². The molecule has 2 heterocycles. The Labute approximate surface area is 78.6 Å². The van der Waals surface area contributed by atoms with Crippen LogP contribution in [0.15, 0.2) is 18.3 Å². The summed E-state index contributed by atoms with van der Waals surface area (Å²) in [5.41, 5.74) is 8.09. The van der Waals surface area contributed by atoms with Crippen molar-refractivity contribution in [2.24, 2.45) is 5.73 Å². The molecule has 1 aromatic heterocycles. The van der Waals surface area contributed by atoms with Gasteiger partial charge < -0.3 is 10.6 Å². The molecule has 2 rings (SSSR count). The van der Waals surface area contributed by atoms with Crippen molar-refractivity contribution in [1.82, 2.24) is 4.98 Å². The molecule has 70 valence electrons. The maximum Gasteiger partial charge on any atom is 0.0553 e. The normalized spacial score (nSPS) is 22.3. The monoisotopic (exact) mass is 177 g/mol. The number of aromatic nitrogens is 1. The summed E-state index contributed by atoms with van der Waals surface area (Å²) in [5.74, 6) is 0. The van der Waals surface area contributed by atoms with Crippen molar-refractivity contribution in [3.63, 3.8) is 0 Å². The van der Waals surface area contributed by atoms with Gasteiger partial charge in [-0.25, -0.2) is 0 Å². The van der Waals surface area contributed by atoms with E-state index < -0.39 is 0 Å². The molecule has 0 bridgehead atoms. The molecule has 1 aliphatic heterocycles. The highest BCUT2D eigenvalue weighted by molar-refractivity contribution is 5.45. The number of pyridine rings is 1. The molecule has 0 spiro atoms. The third-order valence-electron chi connectivity index (χ3n) is 2.49. The highest BCUT2D eigenvalue weighted by Gasteiger charge is 2.18. The summed E-state index contributed by atoms with van der Waals surface area (Å²) in [6.07, 6.45) is 3.02. The number of nitrogens with zero attached hydrogens (tertiary/aromatic N) is 2. The van der Waals surface area contributed by atoms with Crippen molar-refractivity contribution in [1.29, 1.82) is 0 Å². The van der Waals surface area contributed by atoms with Crippen molar-refractivity contribution in [2.45, 2.75) is 19.4 Å². The predicted molar refractivity (Wildman–Crippen MR) is 53.8 cm³/mol. The van der Waals surface area contributed by atoms with Crippen molar-refractivity contribution in [2.75, 3.05) is 18.0 Å². The van der Waals surface area contributed by atoms with Gasteiger partial charge in [-0.2, -0.15) is 0 Å². The minimum absolute atomic E-state index is 0.335. The number of hydrogen-bond acceptors (Lipinski definition) is 3. The molecule has 13 heavy (non-hydrogen) atoms. The van der Waals surface area contributed by atoms with Gasteiger partial charge in [-0.15, -0.1) is 0 Å². The standard InChI is InChI=1S/C10H15N3/c1-8-2-3-10(6-12-8)13-5-4-9(11)7-13/h2-3,6,9H,4-5,7,11H2,1H3. The second-order valence-electron chi connectivity index (χ2n) is 3.65. The third kappa shape index (κ3) is 1.80. The van der Waals surface area contributed by atoms with Crippen molar-refractivity contribution in [3.05, 3.63) is 24.0 Å². The van der Waals surface area contributed by atoms with Gasteiger partial charge in [0.2, 0.25) is 0 Å². The number of nitrogens with two attached hydrogens (primary N) is 1. The zero-order chi connectivity index (χ0) is 9.26. The van der Waals surface area contributed by atoms with Crippen LogP contribution < -0.4 is 10.6 Å². The van der Waals surface area contributed by atoms with Crippen molar-refractivity contribution >= 4 is 5.69 Å². The summed E-state index contributed by atoms with van der Waals surface area (Å²) in [4.78, 5) is 6.56. The van der Waals surface area contributed by atoms with Crippen LogP contribution in [0.25, 0.3) is 0 Å². The Hall–Kier alpha value is -1.09. The Morgan fingerprint density at radius 2 is 2.38 bits per heavy atom. The third-order valence-corrected chi connectivity index (χ3v) is 2.49. The van der Waals surface area contributed by atoms with E-state index in [9.17, 15) is 0 Å². The van der Waals surface area contributed by atoms with E-state index in [0.717, 1.165) is 25.2 Å². The zero-order valence-electron chi connectivity index (χ0n) is 7.90. The summed E-state index contributed by atoms with van der Waals surface area (Å²) in [5, 5.41) is 0. The smallest absolute Gasteiger partial charge is 0.0553 e. The first kappa shape index (κ1) is 8.51. The second-order valence-corrected chi connectivity index (χ2v) is 3.65. The fourth-order valence-electron chi connectivity index (χ4n) is 1.67. The maximum absolute atomic E-state index is 5.83. The second kappa shape index (κ2) is 3.34. The molecule has 1 aromatic rings. The molecule has 1 saturated heterocycles. The van der Waals surface area contributed by atoms with E-state index in [-0.39, 0.29) is 0 Å². The summed E-state index contributed by atoms with van der Waals surface area (Å²) in [7, 11) is 0. The van der Waals surface area contributed by atoms with E-state index in [4.69, 9.17) is 5.73 Å². The summed E-state index contributed by atoms with van der Waals surface area (Å²) in [6.45, 7) is 4.02. The molecule has 1 unspecified atom stereocenters. The van der Waals surface area contributed by atoms with Crippen LogP contribution in [0.3, 0.4) is 0 Å². The lowest BCUT2D eigenvalue weighted by Gasteiger charge is -2.17. The maximum atomic E-state index is 5.83. The van der Waals surface area contributed by atoms with Gasteiger partial charge in [0.25, 0.3) is 0 Å². The zero-order valence-corrected chi connectivity index (χ0v) is 7.90. The molecule has 3 heteroatoms. The first-order valence-electron chi connectivity index (χ1n) is 4.69. The topological polar surface area (TPSA) is 42.1 Å². The highest BCUT2D eigenvalue weighted by atomic mass is 15.2. The lowest BCUT2D eigenvalue weighted by Crippen LogP contribution is -2.26. The van der Waals surface area contributed by atoms with E-state index in [2.05, 4.69) is 16.0 Å². The summed E-state index contributed by atoms with van der Waals surface area (Å²) in [6, 6.07) is 4.49. The van der Waals surface area contributed by atoms with Crippen LogP contribution in [0, 0.1) is 6.92 Å². The number of aryl methyl sites for hydroxylation is 1. The molecule has 0 aromatic carbocycles. The van der Waals surface area contributed by atoms with Crippen LogP contribution in [0.4, 0.5) is 5.69 Å². The minimum Gasteiger partial charge on any atom is -0.369 e. The molecule has 0 aliphatic carbocycles. The molecular formula is C10H15N3. The van der Waals surface area contributed by atoms with Gasteiger partial charge in [0.1, 0.15) is 0 Å². The van der Waals surface area contributed by atoms with Gasteiger partial charge >= 0.3 is 0 Å². The van der Waals surface area contributed by atoms with E-state index in [1.165, 1.54) is 5.69 Å². The minimum atomic E-state index is 0.335. The molecule has 0 radical (unpaired) electrons. The quantitative estimate of drug-likeness (QED) is 0.693. The van der Waals surface area contributed by atoms with Crippen molar-refractivity contribution < 1.29 is 0 Å². The Balaban J connectivity index is 2.13. The van der Waals surface area contributed by atoms with Gasteiger partial charge in [0.15, 0.2) is 0 Å². The largest absolute Gasteiger partial charge is 0.369 e. The number of anilines is 1. The summed E-state index contributed by atoms with van der Waals surface area (Å²) >= 11 is 0. The lowest BCUT2D eigenvalue weighted by atomic mass is 10.3. The molecule has 0 saturated carbocycles. The highest BCUT2D eigenvalue weighted by Crippen LogP contribution is 2.18. The van der Waals surface area contributed by atoms with Crippen LogP contribution in [0.2, 0.25) is 0 Å². The average molecular weight is 177 g/mol. The molecule has 1 atom stereocenters. The van der Waals surface area contributed by atoms with E-state index in [0.29, 0.717) is 6.04 Å². The molecule has 2 N–H and O–H groups in total. The summed E-state index contributed by atoms with van der Waals surface area (Å²) < 4.78 is 0.